The molecular weight excluding hydrogens is 336 g/mol. The van der Waals surface area contributed by atoms with E-state index in [1.165, 1.54) is 17.8 Å². The fourth-order valence-electron chi connectivity index (χ4n) is 2.93. The predicted molar refractivity (Wildman–Crippen MR) is 95.6 cm³/mol. The van der Waals surface area contributed by atoms with Crippen molar-refractivity contribution in [1.29, 1.82) is 0 Å². The summed E-state index contributed by atoms with van der Waals surface area (Å²) in [5.74, 6) is 4.50. The molecule has 3 aromatic rings. The third-order valence-corrected chi connectivity index (χ3v) is 5.43. The Labute approximate surface area is 150 Å². The SMILES string of the molecule is Cc1ccc(-c2nc(C(=O)N(C)Cc3ccc([C@@H]4C[C@@H]4C)o3)cs2)o1. The number of hydrogen-bond donors (Lipinski definition) is 0. The minimum absolute atomic E-state index is 0.122. The fourth-order valence-corrected chi connectivity index (χ4v) is 3.69. The van der Waals surface area contributed by atoms with Crippen molar-refractivity contribution in [2.24, 2.45) is 5.92 Å². The van der Waals surface area contributed by atoms with E-state index in [0.29, 0.717) is 34.8 Å². The fraction of sp³-hybridized carbons (Fsp3) is 0.368. The van der Waals surface area contributed by atoms with Crippen LogP contribution in [0.25, 0.3) is 10.8 Å². The van der Waals surface area contributed by atoms with E-state index in [1.807, 2.05) is 31.2 Å². The molecule has 6 heteroatoms. The average molecular weight is 356 g/mol. The molecule has 0 aromatic carbocycles. The van der Waals surface area contributed by atoms with Crippen LogP contribution in [0.15, 0.2) is 38.5 Å². The van der Waals surface area contributed by atoms with Crippen LogP contribution in [-0.2, 0) is 6.54 Å². The van der Waals surface area contributed by atoms with E-state index in [-0.39, 0.29) is 5.91 Å². The first-order valence-corrected chi connectivity index (χ1v) is 9.25. The molecular formula is C19H20N2O3S. The quantitative estimate of drug-likeness (QED) is 0.665. The molecule has 0 N–H and O–H groups in total. The van der Waals surface area contributed by atoms with Crippen molar-refractivity contribution in [2.45, 2.75) is 32.7 Å². The number of rotatable bonds is 5. The maximum absolute atomic E-state index is 12.6. The zero-order valence-electron chi connectivity index (χ0n) is 14.5. The number of carbonyl (C=O) groups excluding carboxylic acids is 1. The third kappa shape index (κ3) is 3.26. The van der Waals surface area contributed by atoms with Gasteiger partial charge in [0.15, 0.2) is 10.8 Å². The van der Waals surface area contributed by atoms with Crippen molar-refractivity contribution in [3.63, 3.8) is 0 Å². The van der Waals surface area contributed by atoms with Gasteiger partial charge in [0.1, 0.15) is 23.0 Å². The molecule has 1 saturated carbocycles. The molecule has 2 atom stereocenters. The molecule has 5 nitrogen and oxygen atoms in total. The summed E-state index contributed by atoms with van der Waals surface area (Å²) in [5, 5.41) is 2.48. The van der Waals surface area contributed by atoms with E-state index < -0.39 is 0 Å². The van der Waals surface area contributed by atoms with Crippen LogP contribution < -0.4 is 0 Å². The highest BCUT2D eigenvalue weighted by Gasteiger charge is 2.36. The van der Waals surface area contributed by atoms with Crippen molar-refractivity contribution < 1.29 is 13.6 Å². The summed E-state index contributed by atoms with van der Waals surface area (Å²) in [5.41, 5.74) is 0.430. The van der Waals surface area contributed by atoms with Crippen LogP contribution in [0.2, 0.25) is 0 Å². The predicted octanol–water partition coefficient (Wildman–Crippen LogP) is 4.70. The molecule has 0 radical (unpaired) electrons. The van der Waals surface area contributed by atoms with Crippen LogP contribution in [0.1, 0.15) is 47.0 Å². The highest BCUT2D eigenvalue weighted by Crippen LogP contribution is 2.47. The Morgan fingerprint density at radius 1 is 1.32 bits per heavy atom. The van der Waals surface area contributed by atoms with Gasteiger partial charge in [-0.1, -0.05) is 6.92 Å². The average Bonchev–Trinajstić information content (AvgIpc) is 3.04. The highest BCUT2D eigenvalue weighted by molar-refractivity contribution is 7.13. The van der Waals surface area contributed by atoms with E-state index in [0.717, 1.165) is 17.3 Å². The van der Waals surface area contributed by atoms with E-state index in [9.17, 15) is 4.79 Å². The van der Waals surface area contributed by atoms with E-state index in [4.69, 9.17) is 8.83 Å². The Balaban J connectivity index is 1.43. The Morgan fingerprint density at radius 2 is 2.12 bits per heavy atom. The molecule has 1 aliphatic rings. The Kier molecular flexibility index (Phi) is 4.00. The molecule has 25 heavy (non-hydrogen) atoms. The largest absolute Gasteiger partial charge is 0.464 e. The molecule has 3 aromatic heterocycles. The third-order valence-electron chi connectivity index (χ3n) is 4.57. The number of carbonyl (C=O) groups is 1. The van der Waals surface area contributed by atoms with Gasteiger partial charge in [-0.15, -0.1) is 11.3 Å². The molecule has 3 heterocycles. The molecule has 0 unspecified atom stereocenters. The number of amides is 1. The maximum Gasteiger partial charge on any atom is 0.273 e. The van der Waals surface area contributed by atoms with E-state index >= 15 is 0 Å². The van der Waals surface area contributed by atoms with Crippen LogP contribution in [-0.4, -0.2) is 22.8 Å². The van der Waals surface area contributed by atoms with Crippen LogP contribution in [0.5, 0.6) is 0 Å². The Bertz CT molecular complexity index is 907. The lowest BCUT2D eigenvalue weighted by Crippen LogP contribution is -2.26. The number of nitrogens with zero attached hydrogens (tertiary/aromatic N) is 2. The summed E-state index contributed by atoms with van der Waals surface area (Å²) >= 11 is 1.41. The Morgan fingerprint density at radius 3 is 2.80 bits per heavy atom. The van der Waals surface area contributed by atoms with Gasteiger partial charge in [0.25, 0.3) is 5.91 Å². The first-order chi connectivity index (χ1) is 12.0. The zero-order chi connectivity index (χ0) is 17.6. The van der Waals surface area contributed by atoms with Gasteiger partial charge in [0, 0.05) is 18.3 Å². The van der Waals surface area contributed by atoms with Crippen LogP contribution >= 0.6 is 11.3 Å². The van der Waals surface area contributed by atoms with Gasteiger partial charge in [-0.3, -0.25) is 4.79 Å². The number of hydrogen-bond acceptors (Lipinski definition) is 5. The highest BCUT2D eigenvalue weighted by atomic mass is 32.1. The second-order valence-electron chi connectivity index (χ2n) is 6.73. The lowest BCUT2D eigenvalue weighted by atomic mass is 10.3. The van der Waals surface area contributed by atoms with Crippen LogP contribution in [0, 0.1) is 12.8 Å². The van der Waals surface area contributed by atoms with Crippen molar-refractivity contribution in [3.05, 3.63) is 52.6 Å². The summed E-state index contributed by atoms with van der Waals surface area (Å²) in [4.78, 5) is 18.6. The van der Waals surface area contributed by atoms with Crippen molar-refractivity contribution in [1.82, 2.24) is 9.88 Å². The Hall–Kier alpha value is -2.34. The summed E-state index contributed by atoms with van der Waals surface area (Å²) < 4.78 is 11.5. The number of furan rings is 2. The molecule has 0 saturated heterocycles. The van der Waals surface area contributed by atoms with E-state index in [2.05, 4.69) is 11.9 Å². The molecule has 1 amide bonds. The van der Waals surface area contributed by atoms with Crippen molar-refractivity contribution in [2.75, 3.05) is 7.05 Å². The van der Waals surface area contributed by atoms with Gasteiger partial charge in [-0.2, -0.15) is 0 Å². The zero-order valence-corrected chi connectivity index (χ0v) is 15.3. The minimum Gasteiger partial charge on any atom is -0.464 e. The van der Waals surface area contributed by atoms with Crippen molar-refractivity contribution in [3.8, 4) is 10.8 Å². The minimum atomic E-state index is -0.122. The molecule has 0 aliphatic heterocycles. The molecule has 4 rings (SSSR count). The summed E-state index contributed by atoms with van der Waals surface area (Å²) in [6, 6.07) is 7.75. The second kappa shape index (κ2) is 6.19. The summed E-state index contributed by atoms with van der Waals surface area (Å²) in [6.07, 6.45) is 1.19. The van der Waals surface area contributed by atoms with Gasteiger partial charge in [-0.25, -0.2) is 4.98 Å². The van der Waals surface area contributed by atoms with Gasteiger partial charge in [0.05, 0.1) is 6.54 Å². The second-order valence-corrected chi connectivity index (χ2v) is 7.59. The topological polar surface area (TPSA) is 59.5 Å². The van der Waals surface area contributed by atoms with Crippen LogP contribution in [0.4, 0.5) is 0 Å². The number of thiazole rings is 1. The monoisotopic (exact) mass is 356 g/mol. The lowest BCUT2D eigenvalue weighted by molar-refractivity contribution is 0.0770. The normalized spacial score (nSPS) is 19.2. The lowest BCUT2D eigenvalue weighted by Gasteiger charge is -2.14. The summed E-state index contributed by atoms with van der Waals surface area (Å²) in [6.45, 7) is 4.55. The molecule has 0 spiro atoms. The maximum atomic E-state index is 12.6. The van der Waals surface area contributed by atoms with Gasteiger partial charge >= 0.3 is 0 Å². The van der Waals surface area contributed by atoms with Crippen LogP contribution in [0.3, 0.4) is 0 Å². The first kappa shape index (κ1) is 16.1. The standard InChI is InChI=1S/C19H20N2O3S/c1-11-8-14(11)16-7-5-13(24-16)9-21(3)19(22)15-10-25-18(20-15)17-6-4-12(2)23-17/h4-7,10-11,14H,8-9H2,1-3H3/t11-,14+/m0/s1. The number of aromatic nitrogens is 1. The van der Waals surface area contributed by atoms with Gasteiger partial charge in [-0.05, 0) is 43.5 Å². The molecule has 0 bridgehead atoms. The number of aryl methyl sites for hydroxylation is 1. The van der Waals surface area contributed by atoms with Gasteiger partial charge < -0.3 is 13.7 Å². The summed E-state index contributed by atoms with van der Waals surface area (Å²) in [7, 11) is 1.76. The van der Waals surface area contributed by atoms with E-state index in [1.54, 1.807) is 17.3 Å². The molecule has 1 fully saturated rings. The first-order valence-electron chi connectivity index (χ1n) is 8.37. The van der Waals surface area contributed by atoms with Crippen molar-refractivity contribution >= 4 is 17.2 Å². The molecule has 130 valence electrons. The molecule has 1 aliphatic carbocycles. The van der Waals surface area contributed by atoms with Gasteiger partial charge in [0.2, 0.25) is 0 Å². The smallest absolute Gasteiger partial charge is 0.273 e.